The van der Waals surface area contributed by atoms with Crippen LogP contribution < -0.4 is 25.4 Å². The smallest absolute Gasteiger partial charge is 0.325 e. The molecule has 4 amide bonds. The van der Waals surface area contributed by atoms with Gasteiger partial charge in [-0.3, -0.25) is 35.0 Å². The van der Waals surface area contributed by atoms with Crippen molar-refractivity contribution >= 4 is 73.5 Å². The highest BCUT2D eigenvalue weighted by Crippen LogP contribution is 2.32. The van der Waals surface area contributed by atoms with Crippen molar-refractivity contribution < 1.29 is 43.0 Å². The minimum absolute atomic E-state index is 0.00392. The van der Waals surface area contributed by atoms with Crippen LogP contribution in [0.25, 0.3) is 0 Å². The first-order valence-corrected chi connectivity index (χ1v) is 21.5. The summed E-state index contributed by atoms with van der Waals surface area (Å²) in [7, 11) is 0. The Bertz CT molecular complexity index is 2250. The molecule has 1 aromatic heterocycles. The number of aliphatic imine (C=N–C) groups is 1. The Morgan fingerprint density at radius 3 is 2.44 bits per heavy atom. The SMILES string of the molecule is Cc1cnc(NC(=O)Nc2cc(Br)c(C)cc2OC[C@@H]2CN(C(=O)CCOCCOCCOc3ccc(C4=NC(C(=O)Nc5ccc([N+](=O)[O-])c(C)c5)CS4)cc3)CCO2)cn1. The number of rotatable bonds is 19. The molecule has 1 saturated heterocycles. The predicted molar refractivity (Wildman–Crippen MR) is 238 cm³/mol. The lowest BCUT2D eigenvalue weighted by Gasteiger charge is -2.33. The molecule has 62 heavy (non-hydrogen) atoms. The molecule has 0 bridgehead atoms. The van der Waals surface area contributed by atoms with Gasteiger partial charge in [0.15, 0.2) is 5.82 Å². The van der Waals surface area contributed by atoms with Gasteiger partial charge in [-0.15, -0.1) is 11.8 Å². The van der Waals surface area contributed by atoms with Gasteiger partial charge in [0.25, 0.3) is 5.69 Å². The summed E-state index contributed by atoms with van der Waals surface area (Å²) in [6.07, 6.45) is 2.88. The number of morpholine rings is 1. The van der Waals surface area contributed by atoms with Gasteiger partial charge in [-0.2, -0.15) is 0 Å². The van der Waals surface area contributed by atoms with Crippen LogP contribution in [0, 0.1) is 30.9 Å². The van der Waals surface area contributed by atoms with E-state index in [4.69, 9.17) is 23.7 Å². The average molecular weight is 936 g/mol. The number of ether oxygens (including phenoxy) is 5. The zero-order valence-corrected chi connectivity index (χ0v) is 36.8. The van der Waals surface area contributed by atoms with Crippen LogP contribution in [-0.4, -0.2) is 120 Å². The third-order valence-electron chi connectivity index (χ3n) is 9.49. The molecule has 1 unspecified atom stereocenters. The fraction of sp³-hybridized carbons (Fsp3) is 0.381. The van der Waals surface area contributed by atoms with Gasteiger partial charge >= 0.3 is 6.03 Å². The van der Waals surface area contributed by atoms with Crippen molar-refractivity contribution in [2.45, 2.75) is 39.3 Å². The summed E-state index contributed by atoms with van der Waals surface area (Å²) in [5.41, 5.74) is 3.90. The number of thioether (sulfide) groups is 1. The first-order chi connectivity index (χ1) is 29.9. The van der Waals surface area contributed by atoms with Gasteiger partial charge < -0.3 is 39.2 Å². The van der Waals surface area contributed by atoms with Crippen LogP contribution in [0.1, 0.15) is 28.8 Å². The number of hydrogen-bond acceptors (Lipinski definition) is 14. The number of hydrogen-bond donors (Lipinski definition) is 3. The van der Waals surface area contributed by atoms with Crippen LogP contribution in [-0.2, 0) is 23.8 Å². The van der Waals surface area contributed by atoms with E-state index in [1.165, 1.54) is 30.1 Å². The highest BCUT2D eigenvalue weighted by Gasteiger charge is 2.27. The second-order valence-corrected chi connectivity index (χ2v) is 16.1. The normalized spacial score (nSPS) is 16.0. The number of nitrogens with one attached hydrogen (secondary N) is 3. The number of anilines is 3. The van der Waals surface area contributed by atoms with E-state index >= 15 is 0 Å². The molecule has 3 heterocycles. The van der Waals surface area contributed by atoms with E-state index in [-0.39, 0.29) is 43.2 Å². The lowest BCUT2D eigenvalue weighted by atomic mass is 10.1. The number of carbonyl (C=O) groups excluding carboxylic acids is 3. The average Bonchev–Trinajstić information content (AvgIpc) is 3.76. The van der Waals surface area contributed by atoms with E-state index in [0.717, 1.165) is 26.3 Å². The number of aryl methyl sites for hydroxylation is 3. The van der Waals surface area contributed by atoms with Crippen LogP contribution in [0.4, 0.5) is 27.7 Å². The molecule has 3 aromatic carbocycles. The third kappa shape index (κ3) is 13.4. The summed E-state index contributed by atoms with van der Waals surface area (Å²) in [6, 6.07) is 14.4. The molecular weight excluding hydrogens is 888 g/mol. The monoisotopic (exact) mass is 934 g/mol. The fourth-order valence-electron chi connectivity index (χ4n) is 6.21. The molecule has 3 N–H and O–H groups in total. The standard InChI is InChI=1S/C42H47BrN8O10S/c1-26-19-37(34(20-33(26)43)48-42(54)49-38-22-44-28(3)21-45-38)61-24-32-23-50(11-13-59-32)39(52)10-12-57-14-15-58-16-17-60-31-7-4-29(5-8-31)41-47-35(25-62-41)40(53)46-30-6-9-36(51(55)56)27(2)18-30/h4-9,18-22,32,35H,10-17,23-25H2,1-3H3,(H,46,53)(H2,45,48,49,54)/t32-,35?/m0/s1. The quantitative estimate of drug-likeness (QED) is 0.0533. The summed E-state index contributed by atoms with van der Waals surface area (Å²) in [6.45, 7) is 8.31. The molecule has 2 aliphatic rings. The van der Waals surface area contributed by atoms with Crippen molar-refractivity contribution in [3.05, 3.63) is 104 Å². The number of nitrogens with zero attached hydrogens (tertiary/aromatic N) is 5. The van der Waals surface area contributed by atoms with Gasteiger partial charge in [-0.1, -0.05) is 15.9 Å². The Morgan fingerprint density at radius 2 is 1.69 bits per heavy atom. The van der Waals surface area contributed by atoms with Crippen molar-refractivity contribution in [3.8, 4) is 11.5 Å². The summed E-state index contributed by atoms with van der Waals surface area (Å²) in [4.78, 5) is 63.7. The van der Waals surface area contributed by atoms with E-state index in [1.54, 1.807) is 37.1 Å². The Balaban J connectivity index is 0.830. The minimum atomic E-state index is -0.579. The molecule has 2 aliphatic heterocycles. The largest absolute Gasteiger partial charge is 0.491 e. The minimum Gasteiger partial charge on any atom is -0.491 e. The van der Waals surface area contributed by atoms with E-state index in [9.17, 15) is 24.5 Å². The molecular formula is C42H47BrN8O10S. The maximum atomic E-state index is 13.0. The van der Waals surface area contributed by atoms with Gasteiger partial charge in [0.2, 0.25) is 11.8 Å². The number of amides is 4. The van der Waals surface area contributed by atoms with Crippen molar-refractivity contribution in [2.75, 3.05) is 81.0 Å². The molecule has 20 heteroatoms. The Kier molecular flexibility index (Phi) is 16.6. The Hall–Kier alpha value is -5.67. The van der Waals surface area contributed by atoms with Gasteiger partial charge in [0, 0.05) is 39.7 Å². The van der Waals surface area contributed by atoms with Gasteiger partial charge in [0.05, 0.1) is 79.7 Å². The highest BCUT2D eigenvalue weighted by molar-refractivity contribution is 9.10. The van der Waals surface area contributed by atoms with E-state index in [2.05, 4.69) is 46.8 Å². The predicted octanol–water partition coefficient (Wildman–Crippen LogP) is 6.33. The lowest BCUT2D eigenvalue weighted by molar-refractivity contribution is -0.385. The second kappa shape index (κ2) is 22.4. The molecule has 6 rings (SSSR count). The van der Waals surface area contributed by atoms with Gasteiger partial charge in [-0.25, -0.2) is 9.78 Å². The number of aromatic nitrogens is 2. The molecule has 328 valence electrons. The maximum Gasteiger partial charge on any atom is 0.325 e. The van der Waals surface area contributed by atoms with Crippen LogP contribution >= 0.6 is 27.7 Å². The van der Waals surface area contributed by atoms with Gasteiger partial charge in [0.1, 0.15) is 36.9 Å². The summed E-state index contributed by atoms with van der Waals surface area (Å²) in [5.74, 6) is 1.59. The topological polar surface area (TPSA) is 218 Å². The number of nitro groups is 1. The highest BCUT2D eigenvalue weighted by atomic mass is 79.9. The van der Waals surface area contributed by atoms with E-state index in [1.807, 2.05) is 37.3 Å². The van der Waals surface area contributed by atoms with Crippen LogP contribution in [0.2, 0.25) is 0 Å². The molecule has 0 saturated carbocycles. The summed E-state index contributed by atoms with van der Waals surface area (Å²) in [5, 5.41) is 20.1. The first-order valence-electron chi connectivity index (χ1n) is 19.8. The molecule has 0 radical (unpaired) electrons. The molecule has 18 nitrogen and oxygen atoms in total. The zero-order valence-electron chi connectivity index (χ0n) is 34.4. The second-order valence-electron chi connectivity index (χ2n) is 14.2. The van der Waals surface area contributed by atoms with Crippen LogP contribution in [0.5, 0.6) is 11.5 Å². The van der Waals surface area contributed by atoms with E-state index in [0.29, 0.717) is 86.1 Å². The van der Waals surface area contributed by atoms with Crippen LogP contribution in [0.15, 0.2) is 76.5 Å². The number of halogens is 1. The molecule has 0 spiro atoms. The van der Waals surface area contributed by atoms with Crippen molar-refractivity contribution in [3.63, 3.8) is 0 Å². The molecule has 1 fully saturated rings. The molecule has 2 atom stereocenters. The van der Waals surface area contributed by atoms with Gasteiger partial charge in [-0.05, 0) is 74.9 Å². The summed E-state index contributed by atoms with van der Waals surface area (Å²) >= 11 is 5.00. The third-order valence-corrected chi connectivity index (χ3v) is 11.4. The van der Waals surface area contributed by atoms with Crippen molar-refractivity contribution in [1.29, 1.82) is 0 Å². The van der Waals surface area contributed by atoms with Crippen molar-refractivity contribution in [2.24, 2.45) is 4.99 Å². The number of benzene rings is 3. The maximum absolute atomic E-state index is 13.0. The Labute approximate surface area is 370 Å². The van der Waals surface area contributed by atoms with Crippen LogP contribution in [0.3, 0.4) is 0 Å². The van der Waals surface area contributed by atoms with Crippen molar-refractivity contribution in [1.82, 2.24) is 14.9 Å². The number of carbonyl (C=O) groups is 3. The zero-order chi connectivity index (χ0) is 44.0. The summed E-state index contributed by atoms with van der Waals surface area (Å²) < 4.78 is 29.9. The number of urea groups is 1. The molecule has 4 aromatic rings. The lowest BCUT2D eigenvalue weighted by Crippen LogP contribution is -2.47. The molecule has 0 aliphatic carbocycles. The number of nitro benzene ring substituents is 1. The van der Waals surface area contributed by atoms with E-state index < -0.39 is 17.0 Å². The fourth-order valence-corrected chi connectivity index (χ4v) is 7.60. The Morgan fingerprint density at radius 1 is 0.919 bits per heavy atom. The first kappa shape index (κ1) is 45.8.